The van der Waals surface area contributed by atoms with E-state index in [0.29, 0.717) is 29.5 Å². The van der Waals surface area contributed by atoms with Crippen LogP contribution in [0.5, 0.6) is 11.5 Å². The molecule has 3 rings (SSSR count). The van der Waals surface area contributed by atoms with Crippen molar-refractivity contribution in [1.29, 1.82) is 0 Å². The summed E-state index contributed by atoms with van der Waals surface area (Å²) in [7, 11) is 0. The topological polar surface area (TPSA) is 88.1 Å². The van der Waals surface area contributed by atoms with Gasteiger partial charge in [0.2, 0.25) is 0 Å². The van der Waals surface area contributed by atoms with Crippen LogP contribution in [0.4, 0.5) is 0 Å². The Morgan fingerprint density at radius 1 is 0.682 bits per heavy atom. The van der Waals surface area contributed by atoms with E-state index in [1.54, 1.807) is 12.1 Å². The number of ether oxygens (including phenoxy) is 4. The standard InChI is InChI=1S/C36H43ClO7/c1-4-6-8-10-12-23-41-33-22-19-30(25-32(33)37)27-13-15-28(16-14-27)36(40)44-31-20-17-29(18-21-31)35(39)43-26(3)34(38)42-24-11-9-7-5-2/h13-22,25-26H,4-12,23-24H2,1-3H3. The number of carbonyl (C=O) groups excluding carboxylic acids is 3. The van der Waals surface area contributed by atoms with Gasteiger partial charge in [-0.25, -0.2) is 14.4 Å². The van der Waals surface area contributed by atoms with E-state index in [9.17, 15) is 14.4 Å². The lowest BCUT2D eigenvalue weighted by molar-refractivity contribution is -0.153. The van der Waals surface area contributed by atoms with Crippen molar-refractivity contribution >= 4 is 29.5 Å². The Morgan fingerprint density at radius 3 is 1.91 bits per heavy atom. The van der Waals surface area contributed by atoms with E-state index in [0.717, 1.165) is 49.7 Å². The molecule has 1 unspecified atom stereocenters. The minimum absolute atomic E-state index is 0.221. The highest BCUT2D eigenvalue weighted by molar-refractivity contribution is 6.32. The van der Waals surface area contributed by atoms with Crippen molar-refractivity contribution in [2.45, 2.75) is 84.7 Å². The fourth-order valence-electron chi connectivity index (χ4n) is 4.40. The molecule has 1 atom stereocenters. The SMILES string of the molecule is CCCCCCCOc1ccc(-c2ccc(C(=O)Oc3ccc(C(=O)OC(C)C(=O)OCCCCCC)cc3)cc2)cc1Cl. The second-order valence-electron chi connectivity index (χ2n) is 10.7. The van der Waals surface area contributed by atoms with Crippen LogP contribution < -0.4 is 9.47 Å². The number of esters is 3. The predicted octanol–water partition coefficient (Wildman–Crippen LogP) is 9.24. The van der Waals surface area contributed by atoms with E-state index in [1.165, 1.54) is 50.5 Å². The van der Waals surface area contributed by atoms with Gasteiger partial charge in [-0.3, -0.25) is 0 Å². The molecule has 0 saturated heterocycles. The predicted molar refractivity (Wildman–Crippen MR) is 173 cm³/mol. The Morgan fingerprint density at radius 2 is 1.25 bits per heavy atom. The second-order valence-corrected chi connectivity index (χ2v) is 11.1. The van der Waals surface area contributed by atoms with Gasteiger partial charge in [-0.05, 0) is 79.4 Å². The van der Waals surface area contributed by atoms with E-state index in [1.807, 2.05) is 30.3 Å². The van der Waals surface area contributed by atoms with Gasteiger partial charge in [0.05, 0.1) is 29.4 Å². The van der Waals surface area contributed by atoms with Gasteiger partial charge in [0.25, 0.3) is 0 Å². The highest BCUT2D eigenvalue weighted by Gasteiger charge is 2.20. The Balaban J connectivity index is 1.48. The molecule has 8 heteroatoms. The molecule has 236 valence electrons. The molecule has 0 saturated carbocycles. The minimum atomic E-state index is -1.03. The Hall–Kier alpha value is -3.84. The third-order valence-electron chi connectivity index (χ3n) is 7.05. The minimum Gasteiger partial charge on any atom is -0.492 e. The van der Waals surface area contributed by atoms with Gasteiger partial charge < -0.3 is 18.9 Å². The molecule has 3 aromatic carbocycles. The maximum atomic E-state index is 12.7. The molecule has 0 spiro atoms. The van der Waals surface area contributed by atoms with Crippen molar-refractivity contribution < 1.29 is 33.3 Å². The van der Waals surface area contributed by atoms with Crippen molar-refractivity contribution in [2.75, 3.05) is 13.2 Å². The number of benzene rings is 3. The lowest BCUT2D eigenvalue weighted by atomic mass is 10.0. The number of rotatable bonds is 18. The van der Waals surface area contributed by atoms with Crippen molar-refractivity contribution in [3.05, 3.63) is 82.9 Å². The summed E-state index contributed by atoms with van der Waals surface area (Å²) in [6, 6.07) is 18.6. The maximum Gasteiger partial charge on any atom is 0.347 e. The number of hydrogen-bond acceptors (Lipinski definition) is 7. The highest BCUT2D eigenvalue weighted by Crippen LogP contribution is 2.31. The summed E-state index contributed by atoms with van der Waals surface area (Å²) in [5.41, 5.74) is 2.39. The molecule has 0 radical (unpaired) electrons. The summed E-state index contributed by atoms with van der Waals surface area (Å²) in [5, 5.41) is 0.541. The van der Waals surface area contributed by atoms with Crippen LogP contribution >= 0.6 is 11.6 Å². The molecule has 44 heavy (non-hydrogen) atoms. The van der Waals surface area contributed by atoms with Crippen LogP contribution in [-0.4, -0.2) is 37.2 Å². The fourth-order valence-corrected chi connectivity index (χ4v) is 4.64. The third kappa shape index (κ3) is 11.3. The smallest absolute Gasteiger partial charge is 0.347 e. The largest absolute Gasteiger partial charge is 0.492 e. The summed E-state index contributed by atoms with van der Waals surface area (Å²) >= 11 is 6.47. The summed E-state index contributed by atoms with van der Waals surface area (Å²) in [5.74, 6) is -0.860. The maximum absolute atomic E-state index is 12.7. The molecular formula is C36H43ClO7. The number of carbonyl (C=O) groups is 3. The zero-order valence-electron chi connectivity index (χ0n) is 25.9. The van der Waals surface area contributed by atoms with E-state index in [4.69, 9.17) is 30.5 Å². The molecule has 7 nitrogen and oxygen atoms in total. The molecular weight excluding hydrogens is 580 g/mol. The van der Waals surface area contributed by atoms with Crippen LogP contribution in [-0.2, 0) is 14.3 Å². The Bertz CT molecular complexity index is 1340. The molecule has 0 fully saturated rings. The molecule has 0 aliphatic rings. The molecule has 0 bridgehead atoms. The normalized spacial score (nSPS) is 11.5. The van der Waals surface area contributed by atoms with Crippen LogP contribution in [0, 0.1) is 0 Å². The van der Waals surface area contributed by atoms with E-state index >= 15 is 0 Å². The molecule has 0 heterocycles. The lowest BCUT2D eigenvalue weighted by Gasteiger charge is -2.13. The number of hydrogen-bond donors (Lipinski definition) is 0. The molecule has 0 N–H and O–H groups in total. The van der Waals surface area contributed by atoms with Crippen LogP contribution in [0.3, 0.4) is 0 Å². The molecule has 0 amide bonds. The first kappa shape index (κ1) is 34.6. The number of unbranched alkanes of at least 4 members (excludes halogenated alkanes) is 7. The summed E-state index contributed by atoms with van der Waals surface area (Å²) in [6.07, 6.45) is 8.75. The number of halogens is 1. The fraction of sp³-hybridized carbons (Fsp3) is 0.417. The summed E-state index contributed by atoms with van der Waals surface area (Å²) in [4.78, 5) is 37.3. The van der Waals surface area contributed by atoms with Gasteiger partial charge in [0.1, 0.15) is 11.5 Å². The lowest BCUT2D eigenvalue weighted by Crippen LogP contribution is -2.26. The van der Waals surface area contributed by atoms with Gasteiger partial charge in [0.15, 0.2) is 6.10 Å². The first-order valence-corrected chi connectivity index (χ1v) is 15.9. The van der Waals surface area contributed by atoms with Crippen molar-refractivity contribution in [1.82, 2.24) is 0 Å². The molecule has 3 aromatic rings. The van der Waals surface area contributed by atoms with Crippen LogP contribution in [0.1, 0.15) is 99.3 Å². The van der Waals surface area contributed by atoms with Gasteiger partial charge >= 0.3 is 17.9 Å². The van der Waals surface area contributed by atoms with E-state index < -0.39 is 24.0 Å². The first-order chi connectivity index (χ1) is 21.3. The molecule has 0 aliphatic carbocycles. The van der Waals surface area contributed by atoms with Gasteiger partial charge in [-0.15, -0.1) is 0 Å². The summed E-state index contributed by atoms with van der Waals surface area (Å²) < 4.78 is 21.7. The third-order valence-corrected chi connectivity index (χ3v) is 7.35. The van der Waals surface area contributed by atoms with Crippen molar-refractivity contribution in [3.8, 4) is 22.6 Å². The average molecular weight is 623 g/mol. The van der Waals surface area contributed by atoms with Crippen molar-refractivity contribution in [2.24, 2.45) is 0 Å². The molecule has 0 aliphatic heterocycles. The zero-order chi connectivity index (χ0) is 31.7. The van der Waals surface area contributed by atoms with Gasteiger partial charge in [-0.1, -0.05) is 88.6 Å². The highest BCUT2D eigenvalue weighted by atomic mass is 35.5. The van der Waals surface area contributed by atoms with Crippen molar-refractivity contribution in [3.63, 3.8) is 0 Å². The van der Waals surface area contributed by atoms with Gasteiger partial charge in [-0.2, -0.15) is 0 Å². The van der Waals surface area contributed by atoms with Gasteiger partial charge in [0, 0.05) is 0 Å². The van der Waals surface area contributed by atoms with Crippen LogP contribution in [0.25, 0.3) is 11.1 Å². The first-order valence-electron chi connectivity index (χ1n) is 15.5. The Labute approximate surface area is 265 Å². The zero-order valence-corrected chi connectivity index (χ0v) is 26.7. The monoisotopic (exact) mass is 622 g/mol. The van der Waals surface area contributed by atoms with Crippen LogP contribution in [0.2, 0.25) is 5.02 Å². The Kier molecular flexibility index (Phi) is 14.8. The van der Waals surface area contributed by atoms with E-state index in [-0.39, 0.29) is 11.3 Å². The van der Waals surface area contributed by atoms with E-state index in [2.05, 4.69) is 13.8 Å². The quantitative estimate of drug-likeness (QED) is 0.0793. The summed E-state index contributed by atoms with van der Waals surface area (Å²) in [6.45, 7) is 6.72. The second kappa shape index (κ2) is 18.7. The van der Waals surface area contributed by atoms with Crippen LogP contribution in [0.15, 0.2) is 66.7 Å². The molecule has 0 aromatic heterocycles. The average Bonchev–Trinajstić information content (AvgIpc) is 3.03.